The zero-order valence-corrected chi connectivity index (χ0v) is 35.2. The van der Waals surface area contributed by atoms with Crippen molar-refractivity contribution in [1.82, 2.24) is 15.0 Å². The summed E-state index contributed by atoms with van der Waals surface area (Å²) in [6.45, 7) is 19.8. The summed E-state index contributed by atoms with van der Waals surface area (Å²) in [5, 5.41) is 2.35. The smallest absolute Gasteiger partial charge is 0.328 e. The number of aromatic nitrogens is 3. The van der Waals surface area contributed by atoms with Crippen molar-refractivity contribution >= 4 is 28.8 Å². The number of nitrogens with zero attached hydrogens (tertiary/aromatic N) is 3. The zero-order valence-electron chi connectivity index (χ0n) is 35.2. The highest BCUT2D eigenvalue weighted by Gasteiger charge is 2.50. The average Bonchev–Trinajstić information content (AvgIpc) is 3.45. The Labute approximate surface area is 344 Å². The molecule has 7 heteroatoms. The van der Waals surface area contributed by atoms with Gasteiger partial charge in [0, 0.05) is 16.7 Å². The van der Waals surface area contributed by atoms with Crippen LogP contribution in [0.1, 0.15) is 62.3 Å². The average molecular weight is 765 g/mol. The van der Waals surface area contributed by atoms with Crippen molar-refractivity contribution in [2.75, 3.05) is 5.48 Å². The monoisotopic (exact) mass is 764 g/mol. The largest absolute Gasteiger partial charge is 0.426 e. The molecule has 1 aliphatic heterocycles. The molecule has 0 unspecified atom stereocenters. The minimum Gasteiger partial charge on any atom is -0.426 e. The molecule has 7 aromatic rings. The van der Waals surface area contributed by atoms with Crippen molar-refractivity contribution in [3.8, 4) is 56.4 Å². The molecular formula is C51H53BN4O2. The molecule has 8 rings (SSSR count). The summed E-state index contributed by atoms with van der Waals surface area (Å²) < 4.78 is 6.78. The van der Waals surface area contributed by atoms with E-state index in [-0.39, 0.29) is 23.3 Å². The first kappa shape index (κ1) is 39.2. The van der Waals surface area contributed by atoms with E-state index in [1.54, 1.807) is 0 Å². The molecular weight excluding hydrogens is 711 g/mol. The number of rotatable bonds is 9. The lowest BCUT2D eigenvalue weighted by atomic mass is 9.54. The molecule has 0 radical (unpaired) electrons. The van der Waals surface area contributed by atoms with Crippen molar-refractivity contribution in [2.24, 2.45) is 10.8 Å². The van der Waals surface area contributed by atoms with Gasteiger partial charge < -0.3 is 4.65 Å². The Kier molecular flexibility index (Phi) is 10.1. The van der Waals surface area contributed by atoms with E-state index in [0.717, 1.165) is 56.4 Å². The summed E-state index contributed by atoms with van der Waals surface area (Å²) in [6.07, 6.45) is 0.929. The molecule has 0 spiro atoms. The number of benzene rings is 6. The molecule has 0 amide bonds. The van der Waals surface area contributed by atoms with E-state index in [0.29, 0.717) is 17.5 Å². The minimum atomic E-state index is -0.418. The van der Waals surface area contributed by atoms with Crippen molar-refractivity contribution in [1.29, 1.82) is 0 Å². The molecule has 2 heterocycles. The fraction of sp³-hybridized carbons (Fsp3) is 0.275. The number of hydrogen-bond donors (Lipinski definition) is 1. The molecule has 292 valence electrons. The maximum Gasteiger partial charge on any atom is 0.328 e. The quantitative estimate of drug-likeness (QED) is 0.117. The van der Waals surface area contributed by atoms with Crippen LogP contribution in [0.5, 0.6) is 0 Å². The predicted octanol–water partition coefficient (Wildman–Crippen LogP) is 12.6. The van der Waals surface area contributed by atoms with Crippen molar-refractivity contribution < 1.29 is 9.49 Å². The molecule has 6 nitrogen and oxygen atoms in total. The van der Waals surface area contributed by atoms with Gasteiger partial charge in [0.2, 0.25) is 0 Å². The fourth-order valence-corrected chi connectivity index (χ4v) is 7.38. The summed E-state index contributed by atoms with van der Waals surface area (Å²) in [7, 11) is 0. The standard InChI is InChI=1S/C51H53BN4O2/c1-48(2,3)50(6,7)58-56-40-31-38(30-39(32-40)52-33-49(4,5)51(8,9)57-52)42-29-28-41(43-22-16-17-23-44(42)43)34-24-26-37(27-25-34)47-54-45(35-18-12-10-13-19-35)53-46(55-47)36-20-14-11-15-21-36/h10-32,56H,33H2,1-9H3. The Morgan fingerprint density at radius 1 is 0.552 bits per heavy atom. The highest BCUT2D eigenvalue weighted by Crippen LogP contribution is 2.46. The fourth-order valence-electron chi connectivity index (χ4n) is 7.38. The van der Waals surface area contributed by atoms with Crippen molar-refractivity contribution in [3.63, 3.8) is 0 Å². The summed E-state index contributed by atoms with van der Waals surface area (Å²) in [6, 6.07) is 48.6. The SMILES string of the molecule is CC(C)(C)C(C)(C)ONc1cc(B2CC(C)(C)C(C)(C)O2)cc(-c2ccc(-c3ccc(-c4nc(-c5ccccc5)nc(-c5ccccc5)n4)cc3)c3ccccc23)c1. The van der Waals surface area contributed by atoms with Crippen LogP contribution in [0.3, 0.4) is 0 Å². The van der Waals surface area contributed by atoms with Crippen LogP contribution in [0.15, 0.2) is 140 Å². The predicted molar refractivity (Wildman–Crippen MR) is 242 cm³/mol. The maximum atomic E-state index is 6.78. The van der Waals surface area contributed by atoms with Crippen molar-refractivity contribution in [2.45, 2.75) is 79.8 Å². The lowest BCUT2D eigenvalue weighted by Gasteiger charge is -2.38. The second kappa shape index (κ2) is 15.0. The van der Waals surface area contributed by atoms with Gasteiger partial charge in [-0.05, 0) is 95.5 Å². The van der Waals surface area contributed by atoms with Crippen LogP contribution in [0.25, 0.3) is 67.2 Å². The van der Waals surface area contributed by atoms with E-state index >= 15 is 0 Å². The second-order valence-electron chi connectivity index (χ2n) is 18.3. The van der Waals surface area contributed by atoms with E-state index in [1.165, 1.54) is 10.8 Å². The second-order valence-corrected chi connectivity index (χ2v) is 18.3. The summed E-state index contributed by atoms with van der Waals surface area (Å²) in [4.78, 5) is 21.2. The first-order valence-electron chi connectivity index (χ1n) is 20.4. The Morgan fingerprint density at radius 2 is 1.02 bits per heavy atom. The van der Waals surface area contributed by atoms with Crippen LogP contribution in [0.2, 0.25) is 6.32 Å². The van der Waals surface area contributed by atoms with Gasteiger partial charge in [0.25, 0.3) is 0 Å². The van der Waals surface area contributed by atoms with Gasteiger partial charge in [-0.3, -0.25) is 10.3 Å². The van der Waals surface area contributed by atoms with E-state index in [2.05, 4.69) is 147 Å². The van der Waals surface area contributed by atoms with Crippen molar-refractivity contribution in [3.05, 3.63) is 140 Å². The summed E-state index contributed by atoms with van der Waals surface area (Å²) in [5.74, 6) is 1.93. The molecule has 0 bridgehead atoms. The molecule has 6 aromatic carbocycles. The Morgan fingerprint density at radius 3 is 1.50 bits per heavy atom. The summed E-state index contributed by atoms with van der Waals surface area (Å²) in [5.41, 5.74) is 12.0. The molecule has 1 N–H and O–H groups in total. The van der Waals surface area contributed by atoms with Crippen LogP contribution in [0, 0.1) is 10.8 Å². The Hall–Kier alpha value is -5.63. The van der Waals surface area contributed by atoms with Gasteiger partial charge >= 0.3 is 6.92 Å². The Balaban J connectivity index is 1.17. The topological polar surface area (TPSA) is 69.2 Å². The molecule has 1 saturated heterocycles. The van der Waals surface area contributed by atoms with Gasteiger partial charge in [0.1, 0.15) is 0 Å². The van der Waals surface area contributed by atoms with Crippen LogP contribution < -0.4 is 10.9 Å². The highest BCUT2D eigenvalue weighted by atomic mass is 16.7. The molecule has 1 aliphatic rings. The highest BCUT2D eigenvalue weighted by molar-refractivity contribution is 6.68. The third-order valence-corrected chi connectivity index (χ3v) is 12.7. The van der Waals surface area contributed by atoms with Gasteiger partial charge in [0.05, 0.1) is 16.9 Å². The lowest BCUT2D eigenvalue weighted by molar-refractivity contribution is -0.0631. The zero-order chi connectivity index (χ0) is 40.9. The molecule has 58 heavy (non-hydrogen) atoms. The van der Waals surface area contributed by atoms with Gasteiger partial charge in [-0.2, -0.15) is 0 Å². The first-order valence-corrected chi connectivity index (χ1v) is 20.4. The number of nitrogens with one attached hydrogen (secondary N) is 1. The molecule has 0 saturated carbocycles. The third kappa shape index (κ3) is 7.69. The summed E-state index contributed by atoms with van der Waals surface area (Å²) >= 11 is 0. The molecule has 0 atom stereocenters. The van der Waals surface area contributed by atoms with E-state index in [1.807, 2.05) is 60.7 Å². The third-order valence-electron chi connectivity index (χ3n) is 12.7. The van der Waals surface area contributed by atoms with Gasteiger partial charge in [-0.1, -0.05) is 162 Å². The van der Waals surface area contributed by atoms with E-state index in [9.17, 15) is 0 Å². The minimum absolute atomic E-state index is 0.0216. The van der Waals surface area contributed by atoms with Gasteiger partial charge in [-0.25, -0.2) is 15.0 Å². The number of hydrogen-bond acceptors (Lipinski definition) is 6. The maximum absolute atomic E-state index is 6.78. The Bertz CT molecular complexity index is 2510. The van der Waals surface area contributed by atoms with E-state index < -0.39 is 5.60 Å². The van der Waals surface area contributed by atoms with Gasteiger partial charge in [-0.15, -0.1) is 0 Å². The van der Waals surface area contributed by atoms with E-state index in [4.69, 9.17) is 24.4 Å². The van der Waals surface area contributed by atoms with Crippen LogP contribution in [-0.2, 0) is 9.49 Å². The molecule has 1 aromatic heterocycles. The lowest BCUT2D eigenvalue weighted by Crippen LogP contribution is -2.41. The van der Waals surface area contributed by atoms with Gasteiger partial charge in [0.15, 0.2) is 17.5 Å². The molecule has 1 fully saturated rings. The van der Waals surface area contributed by atoms with Crippen LogP contribution in [0.4, 0.5) is 5.69 Å². The molecule has 0 aliphatic carbocycles. The van der Waals surface area contributed by atoms with Crippen LogP contribution in [-0.4, -0.2) is 33.1 Å². The van der Waals surface area contributed by atoms with Crippen LogP contribution >= 0.6 is 0 Å². The number of fused-ring (bicyclic) bond motifs is 1. The first-order chi connectivity index (χ1) is 27.6. The number of anilines is 1. The normalized spacial score (nSPS) is 15.2.